The average Bonchev–Trinajstić information content (AvgIpc) is 3.01. The fourth-order valence-electron chi connectivity index (χ4n) is 2.51. The quantitative estimate of drug-likeness (QED) is 0.417. The molecule has 0 unspecified atom stereocenters. The SMILES string of the molecule is CN(C)CCCNC(=O)c1cccc(NC(=O)c2cc([N+](=O)[O-])cn2C)c1. The van der Waals surface area contributed by atoms with Gasteiger partial charge in [-0.3, -0.25) is 19.7 Å². The largest absolute Gasteiger partial charge is 0.352 e. The molecule has 0 aliphatic rings. The highest BCUT2D eigenvalue weighted by Gasteiger charge is 2.18. The molecule has 2 N–H and O–H groups in total. The van der Waals surface area contributed by atoms with E-state index in [1.807, 2.05) is 19.0 Å². The molecule has 0 bridgehead atoms. The number of carbonyl (C=O) groups excluding carboxylic acids is 2. The van der Waals surface area contributed by atoms with E-state index in [-0.39, 0.29) is 17.3 Å². The van der Waals surface area contributed by atoms with E-state index in [9.17, 15) is 19.7 Å². The van der Waals surface area contributed by atoms with Gasteiger partial charge in [-0.15, -0.1) is 0 Å². The van der Waals surface area contributed by atoms with Crippen LogP contribution in [-0.2, 0) is 7.05 Å². The van der Waals surface area contributed by atoms with Gasteiger partial charge in [0.1, 0.15) is 5.69 Å². The van der Waals surface area contributed by atoms with Crippen LogP contribution in [-0.4, -0.2) is 53.4 Å². The topological polar surface area (TPSA) is 110 Å². The maximum absolute atomic E-state index is 12.4. The number of aryl methyl sites for hydroxylation is 1. The number of rotatable bonds is 8. The standard InChI is InChI=1S/C18H23N5O4/c1-21(2)9-5-8-19-17(24)13-6-4-7-14(10-13)20-18(25)16-11-15(23(26)27)12-22(16)3/h4,6-7,10-12H,5,8-9H2,1-3H3,(H,19,24)(H,20,25). The van der Waals surface area contributed by atoms with Crippen molar-refractivity contribution in [3.05, 3.63) is 57.9 Å². The van der Waals surface area contributed by atoms with Gasteiger partial charge in [0, 0.05) is 30.9 Å². The van der Waals surface area contributed by atoms with Crippen LogP contribution in [0.4, 0.5) is 11.4 Å². The summed E-state index contributed by atoms with van der Waals surface area (Å²) in [5, 5.41) is 16.3. The number of nitro groups is 1. The predicted octanol–water partition coefficient (Wildman–Crippen LogP) is 1.87. The van der Waals surface area contributed by atoms with Crippen LogP contribution in [0.3, 0.4) is 0 Å². The van der Waals surface area contributed by atoms with Gasteiger partial charge in [0.15, 0.2) is 0 Å². The summed E-state index contributed by atoms with van der Waals surface area (Å²) in [6.07, 6.45) is 2.11. The van der Waals surface area contributed by atoms with Crippen molar-refractivity contribution < 1.29 is 14.5 Å². The fourth-order valence-corrected chi connectivity index (χ4v) is 2.51. The highest BCUT2D eigenvalue weighted by atomic mass is 16.6. The number of anilines is 1. The van der Waals surface area contributed by atoms with Crippen molar-refractivity contribution in [1.82, 2.24) is 14.8 Å². The van der Waals surface area contributed by atoms with E-state index in [1.165, 1.54) is 16.8 Å². The molecule has 0 aliphatic heterocycles. The molecular weight excluding hydrogens is 350 g/mol. The molecule has 2 amide bonds. The molecule has 2 aromatic rings. The zero-order chi connectivity index (χ0) is 20.0. The zero-order valence-electron chi connectivity index (χ0n) is 15.6. The highest BCUT2D eigenvalue weighted by molar-refractivity contribution is 6.04. The number of aromatic nitrogens is 1. The number of benzene rings is 1. The van der Waals surface area contributed by atoms with E-state index in [2.05, 4.69) is 10.6 Å². The zero-order valence-corrected chi connectivity index (χ0v) is 15.6. The Kier molecular flexibility index (Phi) is 6.67. The normalized spacial score (nSPS) is 10.7. The molecule has 1 heterocycles. The molecule has 2 rings (SSSR count). The van der Waals surface area contributed by atoms with Crippen molar-refractivity contribution in [3.8, 4) is 0 Å². The molecule has 0 aliphatic carbocycles. The van der Waals surface area contributed by atoms with Crippen molar-refractivity contribution in [2.45, 2.75) is 6.42 Å². The number of carbonyl (C=O) groups is 2. The number of hydrogen-bond acceptors (Lipinski definition) is 5. The van der Waals surface area contributed by atoms with Crippen molar-refractivity contribution in [2.75, 3.05) is 32.5 Å². The first-order valence-corrected chi connectivity index (χ1v) is 8.43. The molecule has 0 radical (unpaired) electrons. The minimum atomic E-state index is -0.557. The van der Waals surface area contributed by atoms with Gasteiger partial charge in [0.05, 0.1) is 11.1 Å². The minimum absolute atomic E-state index is 0.153. The fraction of sp³-hybridized carbons (Fsp3) is 0.333. The van der Waals surface area contributed by atoms with Crippen molar-refractivity contribution >= 4 is 23.2 Å². The summed E-state index contributed by atoms with van der Waals surface area (Å²) in [5.74, 6) is -0.714. The second kappa shape index (κ2) is 8.95. The van der Waals surface area contributed by atoms with Crippen LogP contribution in [0.2, 0.25) is 0 Å². The van der Waals surface area contributed by atoms with Crippen LogP contribution in [0.15, 0.2) is 36.5 Å². The first kappa shape index (κ1) is 20.1. The Bertz CT molecular complexity index is 844. The summed E-state index contributed by atoms with van der Waals surface area (Å²) in [4.78, 5) is 36.9. The van der Waals surface area contributed by atoms with Gasteiger partial charge < -0.3 is 20.1 Å². The molecule has 0 saturated heterocycles. The lowest BCUT2D eigenvalue weighted by molar-refractivity contribution is -0.384. The maximum Gasteiger partial charge on any atom is 0.287 e. The van der Waals surface area contributed by atoms with Crippen LogP contribution in [0, 0.1) is 10.1 Å². The Morgan fingerprint density at radius 2 is 1.96 bits per heavy atom. The van der Waals surface area contributed by atoms with E-state index in [4.69, 9.17) is 0 Å². The van der Waals surface area contributed by atoms with Crippen LogP contribution >= 0.6 is 0 Å². The summed E-state index contributed by atoms with van der Waals surface area (Å²) in [6.45, 7) is 1.43. The smallest absolute Gasteiger partial charge is 0.287 e. The Labute approximate surface area is 157 Å². The summed E-state index contributed by atoms with van der Waals surface area (Å²) >= 11 is 0. The average molecular weight is 373 g/mol. The number of nitrogens with zero attached hydrogens (tertiary/aromatic N) is 3. The molecule has 0 atom stereocenters. The molecule has 0 saturated carbocycles. The molecule has 0 fully saturated rings. The van der Waals surface area contributed by atoms with Crippen molar-refractivity contribution in [2.24, 2.45) is 7.05 Å². The monoisotopic (exact) mass is 373 g/mol. The Hall–Kier alpha value is -3.20. The maximum atomic E-state index is 12.4. The number of hydrogen-bond donors (Lipinski definition) is 2. The second-order valence-corrected chi connectivity index (χ2v) is 6.40. The van der Waals surface area contributed by atoms with Gasteiger partial charge in [-0.2, -0.15) is 0 Å². The van der Waals surface area contributed by atoms with Gasteiger partial charge in [-0.25, -0.2) is 0 Å². The third kappa shape index (κ3) is 5.65. The van der Waals surface area contributed by atoms with Crippen LogP contribution in [0.5, 0.6) is 0 Å². The summed E-state index contributed by atoms with van der Waals surface area (Å²) in [5.41, 5.74) is 0.856. The Morgan fingerprint density at radius 1 is 1.22 bits per heavy atom. The van der Waals surface area contributed by atoms with E-state index in [1.54, 1.807) is 31.3 Å². The third-order valence-corrected chi connectivity index (χ3v) is 3.88. The Balaban J connectivity index is 2.01. The minimum Gasteiger partial charge on any atom is -0.352 e. The molecule has 144 valence electrons. The lowest BCUT2D eigenvalue weighted by Crippen LogP contribution is -2.27. The first-order valence-electron chi connectivity index (χ1n) is 8.43. The molecule has 27 heavy (non-hydrogen) atoms. The van der Waals surface area contributed by atoms with Crippen molar-refractivity contribution in [3.63, 3.8) is 0 Å². The van der Waals surface area contributed by atoms with Gasteiger partial charge >= 0.3 is 0 Å². The first-order chi connectivity index (χ1) is 12.8. The van der Waals surface area contributed by atoms with Gasteiger partial charge in [-0.1, -0.05) is 6.07 Å². The van der Waals surface area contributed by atoms with Gasteiger partial charge in [0.25, 0.3) is 17.5 Å². The molecule has 1 aromatic carbocycles. The third-order valence-electron chi connectivity index (χ3n) is 3.88. The van der Waals surface area contributed by atoms with Crippen molar-refractivity contribution in [1.29, 1.82) is 0 Å². The number of nitrogens with one attached hydrogen (secondary N) is 2. The van der Waals surface area contributed by atoms with E-state index < -0.39 is 10.8 Å². The highest BCUT2D eigenvalue weighted by Crippen LogP contribution is 2.17. The molecule has 1 aromatic heterocycles. The van der Waals surface area contributed by atoms with E-state index >= 15 is 0 Å². The van der Waals surface area contributed by atoms with E-state index in [0.717, 1.165) is 13.0 Å². The second-order valence-electron chi connectivity index (χ2n) is 6.40. The lowest BCUT2D eigenvalue weighted by Gasteiger charge is -2.11. The van der Waals surface area contributed by atoms with Gasteiger partial charge in [0.2, 0.25) is 0 Å². The van der Waals surface area contributed by atoms with Crippen LogP contribution < -0.4 is 10.6 Å². The molecule has 9 nitrogen and oxygen atoms in total. The molecular formula is C18H23N5O4. The summed E-state index contributed by atoms with van der Waals surface area (Å²) in [7, 11) is 5.49. The molecule has 9 heteroatoms. The van der Waals surface area contributed by atoms with Crippen LogP contribution in [0.25, 0.3) is 0 Å². The Morgan fingerprint density at radius 3 is 2.59 bits per heavy atom. The van der Waals surface area contributed by atoms with Gasteiger partial charge in [-0.05, 0) is 45.3 Å². The van der Waals surface area contributed by atoms with E-state index in [0.29, 0.717) is 17.8 Å². The predicted molar refractivity (Wildman–Crippen MR) is 102 cm³/mol. The lowest BCUT2D eigenvalue weighted by atomic mass is 10.2. The summed E-state index contributed by atoms with van der Waals surface area (Å²) in [6, 6.07) is 7.74. The van der Waals surface area contributed by atoms with Crippen LogP contribution in [0.1, 0.15) is 27.3 Å². The summed E-state index contributed by atoms with van der Waals surface area (Å²) < 4.78 is 1.38. The molecule has 0 spiro atoms. The number of amides is 2.